The van der Waals surface area contributed by atoms with Gasteiger partial charge in [-0.15, -0.1) is 0 Å². The van der Waals surface area contributed by atoms with Gasteiger partial charge in [-0.3, -0.25) is 0 Å². The molecule has 0 amide bonds. The summed E-state index contributed by atoms with van der Waals surface area (Å²) < 4.78 is 8.61. The molecule has 0 aromatic rings. The van der Waals surface area contributed by atoms with Crippen LogP contribution in [0.5, 0.6) is 0 Å². The summed E-state index contributed by atoms with van der Waals surface area (Å²) in [4.78, 5) is 20.3. The van der Waals surface area contributed by atoms with Crippen molar-refractivity contribution in [1.29, 1.82) is 0 Å². The lowest BCUT2D eigenvalue weighted by molar-refractivity contribution is -0.0314. The molecule has 0 atom stereocenters. The minimum atomic E-state index is -1.48. The Morgan fingerprint density at radius 3 is 1.73 bits per heavy atom. The van der Waals surface area contributed by atoms with Crippen molar-refractivity contribution >= 4 is 12.3 Å². The standard InChI is InChI=1S/C8H14O7/c1-2-8(3-9,4-14-6(10)11)5-15-7(12)13/h9H,2-5H2,1H3,(H,10,11)(H,12,13). The molecule has 0 aromatic carbocycles. The second-order valence-corrected chi connectivity index (χ2v) is 3.12. The summed E-state index contributed by atoms with van der Waals surface area (Å²) in [6, 6.07) is 0. The monoisotopic (exact) mass is 222 g/mol. The zero-order valence-corrected chi connectivity index (χ0v) is 8.30. The van der Waals surface area contributed by atoms with Crippen LogP contribution in [0.25, 0.3) is 0 Å². The molecule has 0 spiro atoms. The van der Waals surface area contributed by atoms with Gasteiger partial charge in [-0.2, -0.15) is 0 Å². The molecule has 0 heterocycles. The quantitative estimate of drug-likeness (QED) is 0.568. The molecule has 0 aromatic heterocycles. The van der Waals surface area contributed by atoms with E-state index < -0.39 is 24.3 Å². The Balaban J connectivity index is 4.29. The zero-order valence-electron chi connectivity index (χ0n) is 8.30. The van der Waals surface area contributed by atoms with E-state index in [2.05, 4.69) is 9.47 Å². The highest BCUT2D eigenvalue weighted by atomic mass is 16.7. The first-order chi connectivity index (χ1) is 6.95. The van der Waals surface area contributed by atoms with Gasteiger partial charge in [0.15, 0.2) is 0 Å². The van der Waals surface area contributed by atoms with Gasteiger partial charge in [-0.1, -0.05) is 6.92 Å². The van der Waals surface area contributed by atoms with E-state index in [1.807, 2.05) is 0 Å². The molecular weight excluding hydrogens is 208 g/mol. The van der Waals surface area contributed by atoms with Gasteiger partial charge in [0.25, 0.3) is 0 Å². The average molecular weight is 222 g/mol. The van der Waals surface area contributed by atoms with E-state index in [1.165, 1.54) is 0 Å². The lowest BCUT2D eigenvalue weighted by Gasteiger charge is -2.28. The smallest absolute Gasteiger partial charge is 0.450 e. The molecule has 0 radical (unpaired) electrons. The summed E-state index contributed by atoms with van der Waals surface area (Å²) in [6.45, 7) is 0.655. The third-order valence-corrected chi connectivity index (χ3v) is 2.09. The van der Waals surface area contributed by atoms with Crippen LogP contribution in [0.1, 0.15) is 13.3 Å². The molecule has 0 fully saturated rings. The van der Waals surface area contributed by atoms with Gasteiger partial charge in [0.05, 0.1) is 12.0 Å². The van der Waals surface area contributed by atoms with Gasteiger partial charge in [-0.05, 0) is 6.42 Å². The Morgan fingerprint density at radius 1 is 1.13 bits per heavy atom. The van der Waals surface area contributed by atoms with Crippen molar-refractivity contribution in [2.24, 2.45) is 5.41 Å². The summed E-state index contributed by atoms with van der Waals surface area (Å²) >= 11 is 0. The fourth-order valence-corrected chi connectivity index (χ4v) is 0.879. The SMILES string of the molecule is CCC(CO)(COC(=O)O)COC(=O)O. The van der Waals surface area contributed by atoms with Crippen molar-refractivity contribution in [3.63, 3.8) is 0 Å². The first kappa shape index (κ1) is 13.5. The molecule has 7 heteroatoms. The predicted molar refractivity (Wildman–Crippen MR) is 47.8 cm³/mol. The van der Waals surface area contributed by atoms with E-state index in [1.54, 1.807) is 6.92 Å². The normalized spacial score (nSPS) is 10.8. The fourth-order valence-electron chi connectivity index (χ4n) is 0.879. The molecule has 88 valence electrons. The molecule has 0 saturated heterocycles. The zero-order chi connectivity index (χ0) is 11.9. The van der Waals surface area contributed by atoms with Crippen molar-refractivity contribution in [1.82, 2.24) is 0 Å². The van der Waals surface area contributed by atoms with E-state index >= 15 is 0 Å². The second kappa shape index (κ2) is 6.07. The van der Waals surface area contributed by atoms with Crippen molar-refractivity contribution in [2.45, 2.75) is 13.3 Å². The molecule has 7 nitrogen and oxygen atoms in total. The third-order valence-electron chi connectivity index (χ3n) is 2.09. The average Bonchev–Trinajstić information content (AvgIpc) is 2.19. The summed E-state index contributed by atoms with van der Waals surface area (Å²) in [7, 11) is 0. The van der Waals surface area contributed by atoms with Gasteiger partial charge < -0.3 is 24.8 Å². The summed E-state index contributed by atoms with van der Waals surface area (Å²) in [5, 5.41) is 25.6. The number of carbonyl (C=O) groups is 2. The number of ether oxygens (including phenoxy) is 2. The molecule has 0 bridgehead atoms. The Labute approximate surface area is 86.2 Å². The minimum Gasteiger partial charge on any atom is -0.450 e. The molecule has 15 heavy (non-hydrogen) atoms. The van der Waals surface area contributed by atoms with Crippen LogP contribution < -0.4 is 0 Å². The van der Waals surface area contributed by atoms with Crippen LogP contribution in [0.2, 0.25) is 0 Å². The number of hydrogen-bond acceptors (Lipinski definition) is 5. The van der Waals surface area contributed by atoms with Crippen LogP contribution in [0.15, 0.2) is 0 Å². The lowest BCUT2D eigenvalue weighted by atomic mass is 9.88. The number of carboxylic acid groups (broad SMARTS) is 2. The highest BCUT2D eigenvalue weighted by molar-refractivity contribution is 5.57. The minimum absolute atomic E-state index is 0.303. The van der Waals surface area contributed by atoms with Gasteiger partial charge in [0.1, 0.15) is 13.2 Å². The van der Waals surface area contributed by atoms with E-state index in [9.17, 15) is 9.59 Å². The molecule has 0 rings (SSSR count). The van der Waals surface area contributed by atoms with Crippen LogP contribution in [0.3, 0.4) is 0 Å². The predicted octanol–water partition coefficient (Wildman–Crippen LogP) is 0.764. The van der Waals surface area contributed by atoms with Crippen molar-refractivity contribution in [3.05, 3.63) is 0 Å². The summed E-state index contributed by atoms with van der Waals surface area (Å²) in [6.07, 6.45) is -2.61. The van der Waals surface area contributed by atoms with E-state index in [-0.39, 0.29) is 13.2 Å². The van der Waals surface area contributed by atoms with Crippen LogP contribution in [0, 0.1) is 5.41 Å². The number of hydrogen-bond donors (Lipinski definition) is 3. The second-order valence-electron chi connectivity index (χ2n) is 3.12. The maximum Gasteiger partial charge on any atom is 0.505 e. The maximum absolute atomic E-state index is 10.2. The largest absolute Gasteiger partial charge is 0.505 e. The maximum atomic E-state index is 10.2. The molecule has 3 N–H and O–H groups in total. The van der Waals surface area contributed by atoms with Gasteiger partial charge >= 0.3 is 12.3 Å². The first-order valence-electron chi connectivity index (χ1n) is 4.28. The Hall–Kier alpha value is -1.50. The number of aliphatic hydroxyl groups is 1. The number of aliphatic hydroxyl groups excluding tert-OH is 1. The molecule has 0 saturated carbocycles. The fraction of sp³-hybridized carbons (Fsp3) is 0.750. The van der Waals surface area contributed by atoms with E-state index in [4.69, 9.17) is 15.3 Å². The van der Waals surface area contributed by atoms with E-state index in [0.29, 0.717) is 6.42 Å². The topological polar surface area (TPSA) is 113 Å². The van der Waals surface area contributed by atoms with Gasteiger partial charge in [0, 0.05) is 0 Å². The lowest BCUT2D eigenvalue weighted by Crippen LogP contribution is -2.37. The van der Waals surface area contributed by atoms with Gasteiger partial charge in [0.2, 0.25) is 0 Å². The summed E-state index contributed by atoms with van der Waals surface area (Å²) in [5.74, 6) is 0. The van der Waals surface area contributed by atoms with Crippen molar-refractivity contribution < 1.29 is 34.4 Å². The Bertz CT molecular complexity index is 201. The third kappa shape index (κ3) is 5.06. The van der Waals surface area contributed by atoms with Crippen molar-refractivity contribution in [3.8, 4) is 0 Å². The van der Waals surface area contributed by atoms with Crippen LogP contribution in [-0.2, 0) is 9.47 Å². The van der Waals surface area contributed by atoms with Crippen LogP contribution >= 0.6 is 0 Å². The van der Waals surface area contributed by atoms with Crippen molar-refractivity contribution in [2.75, 3.05) is 19.8 Å². The highest BCUT2D eigenvalue weighted by Crippen LogP contribution is 2.22. The van der Waals surface area contributed by atoms with Gasteiger partial charge in [-0.25, -0.2) is 9.59 Å². The highest BCUT2D eigenvalue weighted by Gasteiger charge is 2.31. The van der Waals surface area contributed by atoms with Crippen LogP contribution in [-0.4, -0.2) is 47.5 Å². The molecule has 0 aliphatic rings. The molecular formula is C8H14O7. The Morgan fingerprint density at radius 2 is 1.53 bits per heavy atom. The first-order valence-corrected chi connectivity index (χ1v) is 4.28. The molecule has 0 unspecified atom stereocenters. The van der Waals surface area contributed by atoms with E-state index in [0.717, 1.165) is 0 Å². The van der Waals surface area contributed by atoms with Crippen LogP contribution in [0.4, 0.5) is 9.59 Å². The molecule has 0 aliphatic carbocycles. The Kier molecular flexibility index (Phi) is 5.46. The molecule has 0 aliphatic heterocycles. The number of rotatable bonds is 6. The summed E-state index contributed by atoms with van der Waals surface area (Å²) in [5.41, 5.74) is -1.00.